The number of nitrogens with zero attached hydrogens (tertiary/aromatic N) is 3. The number of likely N-dealkylation sites (N-methyl/N-ethyl adjacent to an activating group) is 1. The predicted molar refractivity (Wildman–Crippen MR) is 123 cm³/mol. The van der Waals surface area contributed by atoms with Gasteiger partial charge in [0.05, 0.1) is 22.1 Å². The summed E-state index contributed by atoms with van der Waals surface area (Å²) in [5.74, 6) is -0.613. The van der Waals surface area contributed by atoms with Crippen LogP contribution in [-0.4, -0.2) is 55.0 Å². The molecule has 0 unspecified atom stereocenters. The second-order valence-corrected chi connectivity index (χ2v) is 8.00. The molecule has 1 amide bonds. The molecule has 0 saturated carbocycles. The lowest BCUT2D eigenvalue weighted by molar-refractivity contribution is -0.118. The van der Waals surface area contributed by atoms with Crippen LogP contribution in [0.25, 0.3) is 0 Å². The highest BCUT2D eigenvalue weighted by molar-refractivity contribution is 6.47. The summed E-state index contributed by atoms with van der Waals surface area (Å²) in [6, 6.07) is 7.99. The van der Waals surface area contributed by atoms with Crippen LogP contribution in [0.5, 0.6) is 0 Å². The van der Waals surface area contributed by atoms with Crippen LogP contribution in [0.1, 0.15) is 33.1 Å². The van der Waals surface area contributed by atoms with E-state index in [9.17, 15) is 9.59 Å². The van der Waals surface area contributed by atoms with Crippen molar-refractivity contribution in [1.82, 2.24) is 10.2 Å². The van der Waals surface area contributed by atoms with Gasteiger partial charge in [0.2, 0.25) is 5.91 Å². The zero-order chi connectivity index (χ0) is 21.5. The topological polar surface area (TPSA) is 65.0 Å². The molecule has 7 heteroatoms. The summed E-state index contributed by atoms with van der Waals surface area (Å²) in [7, 11) is 0. The number of ketones is 1. The Morgan fingerprint density at radius 2 is 1.87 bits per heavy atom. The SMILES string of the molecule is CCN(CCN1CCCCC1)c1ccc(N=C2C=C(Cl)C(=O)C=C2NC(C)=O)cc1. The number of piperidine rings is 1. The van der Waals surface area contributed by atoms with Gasteiger partial charge in [0.25, 0.3) is 0 Å². The fourth-order valence-corrected chi connectivity index (χ4v) is 3.88. The molecule has 1 aromatic rings. The lowest BCUT2D eigenvalue weighted by Crippen LogP contribution is -2.37. The van der Waals surface area contributed by atoms with Gasteiger partial charge in [0, 0.05) is 38.3 Å². The summed E-state index contributed by atoms with van der Waals surface area (Å²) < 4.78 is 0. The first kappa shape index (κ1) is 22.2. The smallest absolute Gasteiger partial charge is 0.221 e. The normalized spacial score (nSPS) is 18.8. The summed E-state index contributed by atoms with van der Waals surface area (Å²) in [5, 5.41) is 2.72. The highest BCUT2D eigenvalue weighted by atomic mass is 35.5. The van der Waals surface area contributed by atoms with Gasteiger partial charge in [-0.25, -0.2) is 4.99 Å². The molecule has 0 radical (unpaired) electrons. The Morgan fingerprint density at radius 1 is 1.17 bits per heavy atom. The third-order valence-corrected chi connectivity index (χ3v) is 5.64. The van der Waals surface area contributed by atoms with E-state index in [4.69, 9.17) is 11.6 Å². The first-order valence-electron chi connectivity index (χ1n) is 10.5. The number of hydrogen-bond donors (Lipinski definition) is 1. The molecule has 0 aromatic heterocycles. The van der Waals surface area contributed by atoms with Crippen LogP contribution in [0.3, 0.4) is 0 Å². The minimum absolute atomic E-state index is 0.0781. The zero-order valence-electron chi connectivity index (χ0n) is 17.7. The van der Waals surface area contributed by atoms with E-state index in [0.717, 1.165) is 31.0 Å². The zero-order valence-corrected chi connectivity index (χ0v) is 18.4. The van der Waals surface area contributed by atoms with Gasteiger partial charge in [-0.05, 0) is 63.2 Å². The number of anilines is 1. The molecule has 1 saturated heterocycles. The van der Waals surface area contributed by atoms with Crippen LogP contribution in [-0.2, 0) is 9.59 Å². The lowest BCUT2D eigenvalue weighted by Gasteiger charge is -2.30. The van der Waals surface area contributed by atoms with Crippen LogP contribution in [0, 0.1) is 0 Å². The lowest BCUT2D eigenvalue weighted by atomic mass is 10.1. The van der Waals surface area contributed by atoms with Gasteiger partial charge < -0.3 is 15.1 Å². The maximum atomic E-state index is 11.8. The molecule has 0 bridgehead atoms. The van der Waals surface area contributed by atoms with Gasteiger partial charge in [0.15, 0.2) is 5.78 Å². The molecule has 1 aliphatic heterocycles. The summed E-state index contributed by atoms with van der Waals surface area (Å²) in [4.78, 5) is 32.8. The molecule has 30 heavy (non-hydrogen) atoms. The Balaban J connectivity index is 1.70. The number of likely N-dealkylation sites (tertiary alicyclic amines) is 1. The number of amides is 1. The van der Waals surface area contributed by atoms with E-state index >= 15 is 0 Å². The molecule has 6 nitrogen and oxygen atoms in total. The molecule has 160 valence electrons. The first-order chi connectivity index (χ1) is 14.5. The molecule has 3 rings (SSSR count). The van der Waals surface area contributed by atoms with E-state index in [1.54, 1.807) is 0 Å². The van der Waals surface area contributed by atoms with Crippen molar-refractivity contribution >= 4 is 40.4 Å². The van der Waals surface area contributed by atoms with E-state index in [2.05, 4.69) is 39.2 Å². The van der Waals surface area contributed by atoms with E-state index in [0.29, 0.717) is 11.4 Å². The number of halogens is 1. The highest BCUT2D eigenvalue weighted by Crippen LogP contribution is 2.23. The van der Waals surface area contributed by atoms with Crippen molar-refractivity contribution in [1.29, 1.82) is 0 Å². The van der Waals surface area contributed by atoms with Crippen molar-refractivity contribution in [3.8, 4) is 0 Å². The van der Waals surface area contributed by atoms with Gasteiger partial charge >= 0.3 is 0 Å². The van der Waals surface area contributed by atoms with Crippen LogP contribution in [0.15, 0.2) is 52.1 Å². The number of nitrogens with one attached hydrogen (secondary N) is 1. The quantitative estimate of drug-likeness (QED) is 0.671. The van der Waals surface area contributed by atoms with Crippen molar-refractivity contribution in [2.75, 3.05) is 37.6 Å². The Kier molecular flexibility index (Phi) is 7.82. The number of aliphatic imine (C=N–C) groups is 1. The maximum Gasteiger partial charge on any atom is 0.221 e. The van der Waals surface area contributed by atoms with Crippen LogP contribution in [0.2, 0.25) is 0 Å². The van der Waals surface area contributed by atoms with Crippen molar-refractivity contribution in [3.63, 3.8) is 0 Å². The Hall–Kier alpha value is -2.44. The fourth-order valence-electron chi connectivity index (χ4n) is 3.72. The molecular formula is C23H29ClN4O2. The average molecular weight is 429 g/mol. The summed E-state index contributed by atoms with van der Waals surface area (Å²) in [6.45, 7) is 8.99. The second-order valence-electron chi connectivity index (χ2n) is 7.59. The van der Waals surface area contributed by atoms with Crippen molar-refractivity contribution in [2.45, 2.75) is 33.1 Å². The third kappa shape index (κ3) is 6.03. The number of carbonyl (C=O) groups excluding carboxylic acids is 2. The van der Waals surface area contributed by atoms with Gasteiger partial charge in [-0.15, -0.1) is 0 Å². The third-order valence-electron chi connectivity index (χ3n) is 5.34. The molecule has 1 N–H and O–H groups in total. The Bertz CT molecular complexity index is 868. The molecule has 2 aliphatic rings. The van der Waals surface area contributed by atoms with E-state index < -0.39 is 0 Å². The van der Waals surface area contributed by atoms with Crippen LogP contribution >= 0.6 is 11.6 Å². The van der Waals surface area contributed by atoms with Crippen molar-refractivity contribution in [3.05, 3.63) is 47.1 Å². The summed E-state index contributed by atoms with van der Waals surface area (Å²) in [5.41, 5.74) is 2.70. The molecule has 1 aliphatic carbocycles. The van der Waals surface area contributed by atoms with Crippen LogP contribution < -0.4 is 10.2 Å². The summed E-state index contributed by atoms with van der Waals surface area (Å²) >= 11 is 5.98. The average Bonchev–Trinajstić information content (AvgIpc) is 2.73. The Labute approximate surface area is 183 Å². The van der Waals surface area contributed by atoms with Crippen LogP contribution in [0.4, 0.5) is 11.4 Å². The van der Waals surface area contributed by atoms with E-state index in [-0.39, 0.29) is 16.7 Å². The van der Waals surface area contributed by atoms with Gasteiger partial charge in [0.1, 0.15) is 0 Å². The highest BCUT2D eigenvalue weighted by Gasteiger charge is 2.18. The van der Waals surface area contributed by atoms with E-state index in [1.807, 2.05) is 12.1 Å². The standard InChI is InChI=1S/C23H29ClN4O2/c1-3-28(14-13-27-11-5-4-6-12-27)19-9-7-18(8-10-19)26-21-15-20(24)23(30)16-22(21)25-17(2)29/h7-10,15-16H,3-6,11-14H2,1-2H3,(H,25,29). The number of benzene rings is 1. The largest absolute Gasteiger partial charge is 0.371 e. The number of hydrogen-bond acceptors (Lipinski definition) is 5. The van der Waals surface area contributed by atoms with Gasteiger partial charge in [-0.3, -0.25) is 9.59 Å². The molecule has 1 fully saturated rings. The fraction of sp³-hybridized carbons (Fsp3) is 0.435. The van der Waals surface area contributed by atoms with Crippen molar-refractivity contribution in [2.24, 2.45) is 4.99 Å². The summed E-state index contributed by atoms with van der Waals surface area (Å²) in [6.07, 6.45) is 6.75. The van der Waals surface area contributed by atoms with Crippen molar-refractivity contribution < 1.29 is 9.59 Å². The molecular weight excluding hydrogens is 400 g/mol. The number of allylic oxidation sites excluding steroid dienone is 3. The molecule has 0 spiro atoms. The molecule has 1 heterocycles. The van der Waals surface area contributed by atoms with Gasteiger partial charge in [-0.1, -0.05) is 18.0 Å². The monoisotopic (exact) mass is 428 g/mol. The predicted octanol–water partition coefficient (Wildman–Crippen LogP) is 3.80. The first-order valence-corrected chi connectivity index (χ1v) is 10.9. The second kappa shape index (κ2) is 10.5. The van der Waals surface area contributed by atoms with Gasteiger partial charge in [-0.2, -0.15) is 0 Å². The molecule has 1 aromatic carbocycles. The minimum atomic E-state index is -0.345. The minimum Gasteiger partial charge on any atom is -0.371 e. The number of carbonyl (C=O) groups is 2. The molecule has 0 atom stereocenters. The number of rotatable bonds is 7. The van der Waals surface area contributed by atoms with E-state index in [1.165, 1.54) is 51.4 Å². The Morgan fingerprint density at radius 3 is 2.50 bits per heavy atom. The maximum absolute atomic E-state index is 11.8.